The lowest BCUT2D eigenvalue weighted by molar-refractivity contribution is -0.377. The number of hydrogen-bond acceptors (Lipinski definition) is 8. The first-order valence-corrected chi connectivity index (χ1v) is 17.3. The molecule has 3 aliphatic rings. The van der Waals surface area contributed by atoms with Crippen molar-refractivity contribution >= 4 is 35.1 Å². The monoisotopic (exact) mass is 722 g/mol. The predicted octanol–water partition coefficient (Wildman–Crippen LogP) is 6.57. The molecule has 7 rings (SSSR count). The molecule has 2 bridgehead atoms. The van der Waals surface area contributed by atoms with Crippen molar-refractivity contribution in [2.45, 2.75) is 44.1 Å². The lowest BCUT2D eigenvalue weighted by atomic mass is 9.86. The minimum absolute atomic E-state index is 0.186. The van der Waals surface area contributed by atoms with E-state index in [0.717, 1.165) is 25.9 Å². The van der Waals surface area contributed by atoms with E-state index in [1.54, 1.807) is 68.0 Å². The second-order valence-corrected chi connectivity index (χ2v) is 13.3. The van der Waals surface area contributed by atoms with Gasteiger partial charge in [-0.1, -0.05) is 53.5 Å². The molecular weight excluding hydrogens is 684 g/mol. The fraction of sp³-hybridized carbons (Fsp3) is 0.342. The zero-order chi connectivity index (χ0) is 35.2. The van der Waals surface area contributed by atoms with Crippen LogP contribution in [0.25, 0.3) is 0 Å². The largest absolute Gasteiger partial charge is 0.493 e. The predicted molar refractivity (Wildman–Crippen MR) is 186 cm³/mol. The maximum absolute atomic E-state index is 14.3. The van der Waals surface area contributed by atoms with E-state index in [0.29, 0.717) is 61.8 Å². The highest BCUT2D eigenvalue weighted by molar-refractivity contribution is 6.35. The summed E-state index contributed by atoms with van der Waals surface area (Å²) in [7, 11) is 3.07. The number of carbonyl (C=O) groups is 2. The van der Waals surface area contributed by atoms with Crippen molar-refractivity contribution in [3.63, 3.8) is 0 Å². The number of halogens is 3. The molecule has 3 aromatic carbocycles. The third kappa shape index (κ3) is 8.38. The summed E-state index contributed by atoms with van der Waals surface area (Å²) in [5.41, 5.74) is 2.72. The minimum atomic E-state index is -0.913. The summed E-state index contributed by atoms with van der Waals surface area (Å²) in [6.07, 6.45) is 4.41. The van der Waals surface area contributed by atoms with Crippen molar-refractivity contribution < 1.29 is 37.9 Å². The van der Waals surface area contributed by atoms with Crippen molar-refractivity contribution in [1.82, 2.24) is 10.2 Å². The first kappa shape index (κ1) is 35.6. The van der Waals surface area contributed by atoms with E-state index in [1.807, 2.05) is 6.07 Å². The van der Waals surface area contributed by atoms with Gasteiger partial charge in [0, 0.05) is 25.1 Å². The van der Waals surface area contributed by atoms with Gasteiger partial charge in [0.15, 0.2) is 23.9 Å². The molecule has 3 aliphatic heterocycles. The number of nitrogens with one attached hydrogen (secondary N) is 2. The number of hydrogen-bond donors (Lipinski definition) is 1. The van der Waals surface area contributed by atoms with E-state index in [9.17, 15) is 14.0 Å². The molecule has 3 atom stereocenters. The van der Waals surface area contributed by atoms with Gasteiger partial charge in [0.25, 0.3) is 0 Å². The summed E-state index contributed by atoms with van der Waals surface area (Å²) in [6, 6.07) is 17.2. The van der Waals surface area contributed by atoms with Gasteiger partial charge < -0.3 is 18.9 Å². The van der Waals surface area contributed by atoms with Crippen LogP contribution in [0.1, 0.15) is 57.6 Å². The molecule has 3 fully saturated rings. The standard InChI is InChI=1S/C38H38Cl2FN3O6/c1-47-32-10-9-25(17-34(32)48-2)33(18-29-30(39)20-42-21-31(29)40)49-37(45)27-7-3-5-23(15-27)19-43-36(26-6-4-8-28(41)16-26)38(46)50-35-22-44-13-11-24(35)12-14-44/h3-10,15-17,20-21,24,33,35-36,43H,11-14,18-19,22H2,1-2H3/p+1/t33?,35-,36?/m0/s1. The molecule has 9 nitrogen and oxygen atoms in total. The molecule has 1 aromatic heterocycles. The van der Waals surface area contributed by atoms with Crippen LogP contribution in [-0.4, -0.2) is 56.8 Å². The molecule has 50 heavy (non-hydrogen) atoms. The van der Waals surface area contributed by atoms with Gasteiger partial charge in [0.05, 0.1) is 19.8 Å². The SMILES string of the molecule is COc1ccc(C(Cc2c(Cl)c[nH+]cc2Cl)OC(=O)c2cccc(CNC(C(=O)O[C@H]3CN4CCC3CC4)c3cccc(F)c3)c2)cc1OC. The number of benzene rings is 3. The summed E-state index contributed by atoms with van der Waals surface area (Å²) in [4.78, 5) is 32.5. The lowest BCUT2D eigenvalue weighted by Crippen LogP contribution is -2.52. The van der Waals surface area contributed by atoms with Crippen LogP contribution in [0.4, 0.5) is 4.39 Å². The molecule has 4 aromatic rings. The van der Waals surface area contributed by atoms with Crippen LogP contribution in [0.3, 0.4) is 0 Å². The van der Waals surface area contributed by atoms with E-state index in [-0.39, 0.29) is 19.1 Å². The molecule has 4 heterocycles. The quantitative estimate of drug-likeness (QED) is 0.155. The Hall–Kier alpha value is -4.22. The fourth-order valence-corrected chi connectivity index (χ4v) is 7.18. The van der Waals surface area contributed by atoms with Gasteiger partial charge >= 0.3 is 11.9 Å². The number of aromatic amines is 1. The van der Waals surface area contributed by atoms with E-state index >= 15 is 0 Å². The van der Waals surface area contributed by atoms with E-state index in [4.69, 9.17) is 42.1 Å². The number of piperidine rings is 3. The second-order valence-electron chi connectivity index (χ2n) is 12.5. The Morgan fingerprint density at radius 1 is 0.940 bits per heavy atom. The first-order valence-electron chi connectivity index (χ1n) is 16.5. The summed E-state index contributed by atoms with van der Waals surface area (Å²) in [5, 5.41) is 4.04. The van der Waals surface area contributed by atoms with Gasteiger partial charge in [-0.25, -0.2) is 19.0 Å². The van der Waals surface area contributed by atoms with Crippen molar-refractivity contribution in [3.05, 3.63) is 123 Å². The van der Waals surface area contributed by atoms with Crippen LogP contribution in [0.15, 0.2) is 79.1 Å². The van der Waals surface area contributed by atoms with Crippen LogP contribution in [0, 0.1) is 11.7 Å². The number of esters is 2. The first-order chi connectivity index (χ1) is 24.2. The second kappa shape index (κ2) is 16.2. The molecule has 12 heteroatoms. The molecule has 2 unspecified atom stereocenters. The zero-order valence-corrected chi connectivity index (χ0v) is 29.3. The smallest absolute Gasteiger partial charge is 0.338 e. The Labute approximate surface area is 300 Å². The minimum Gasteiger partial charge on any atom is -0.493 e. The summed E-state index contributed by atoms with van der Waals surface area (Å²) in [6.45, 7) is 2.94. The number of carbonyl (C=O) groups excluding carboxylic acids is 2. The van der Waals surface area contributed by atoms with Crippen molar-refractivity contribution in [3.8, 4) is 11.5 Å². The summed E-state index contributed by atoms with van der Waals surface area (Å²) < 4.78 is 37.3. The highest BCUT2D eigenvalue weighted by Crippen LogP contribution is 2.36. The van der Waals surface area contributed by atoms with E-state index in [1.165, 1.54) is 19.2 Å². The molecule has 0 radical (unpaired) electrons. The molecule has 2 N–H and O–H groups in total. The highest BCUT2D eigenvalue weighted by atomic mass is 35.5. The van der Waals surface area contributed by atoms with Crippen LogP contribution in [0.2, 0.25) is 10.0 Å². The average molecular weight is 724 g/mol. The maximum atomic E-state index is 14.3. The number of nitrogens with zero attached hydrogens (tertiary/aromatic N) is 1. The number of fused-ring (bicyclic) bond motifs is 3. The zero-order valence-electron chi connectivity index (χ0n) is 27.8. The number of aromatic nitrogens is 1. The van der Waals surface area contributed by atoms with E-state index in [2.05, 4.69) is 15.2 Å². The highest BCUT2D eigenvalue weighted by Gasteiger charge is 2.38. The number of H-pyrrole nitrogens is 1. The Morgan fingerprint density at radius 2 is 1.68 bits per heavy atom. The van der Waals surface area contributed by atoms with Gasteiger partial charge in [0.1, 0.15) is 34.1 Å². The van der Waals surface area contributed by atoms with Gasteiger partial charge in [-0.3, -0.25) is 10.2 Å². The Morgan fingerprint density at radius 3 is 2.36 bits per heavy atom. The number of rotatable bonds is 13. The number of methoxy groups -OCH3 is 2. The molecule has 3 saturated heterocycles. The third-order valence-electron chi connectivity index (χ3n) is 9.37. The molecule has 0 amide bonds. The topological polar surface area (TPSA) is 100 Å². The molecule has 262 valence electrons. The number of pyridine rings is 1. The van der Waals surface area contributed by atoms with Crippen molar-refractivity contribution in [1.29, 1.82) is 0 Å². The van der Waals surface area contributed by atoms with Gasteiger partial charge in [0.2, 0.25) is 0 Å². The van der Waals surface area contributed by atoms with Crippen LogP contribution in [-0.2, 0) is 27.2 Å². The van der Waals surface area contributed by atoms with Gasteiger partial charge in [-0.15, -0.1) is 0 Å². The summed E-state index contributed by atoms with van der Waals surface area (Å²) in [5.74, 6) is -0.165. The maximum Gasteiger partial charge on any atom is 0.338 e. The molecule has 0 saturated carbocycles. The Balaban J connectivity index is 1.20. The van der Waals surface area contributed by atoms with Crippen molar-refractivity contribution in [2.75, 3.05) is 33.9 Å². The molecular formula is C38H39Cl2FN3O6+. The molecule has 0 spiro atoms. The summed E-state index contributed by atoms with van der Waals surface area (Å²) >= 11 is 13.0. The van der Waals surface area contributed by atoms with Crippen molar-refractivity contribution in [2.24, 2.45) is 5.92 Å². The Bertz CT molecular complexity index is 1820. The lowest BCUT2D eigenvalue weighted by Gasteiger charge is -2.44. The number of ether oxygens (including phenoxy) is 4. The van der Waals surface area contributed by atoms with Crippen LogP contribution in [0.5, 0.6) is 11.5 Å². The van der Waals surface area contributed by atoms with Gasteiger partial charge in [-0.05, 0) is 84.9 Å². The third-order valence-corrected chi connectivity index (χ3v) is 10.0. The fourth-order valence-electron chi connectivity index (χ4n) is 6.65. The van der Waals surface area contributed by atoms with Crippen LogP contribution >= 0.6 is 23.2 Å². The van der Waals surface area contributed by atoms with Crippen LogP contribution < -0.4 is 19.8 Å². The molecule has 0 aliphatic carbocycles. The van der Waals surface area contributed by atoms with E-state index < -0.39 is 29.9 Å². The van der Waals surface area contributed by atoms with Gasteiger partial charge in [-0.2, -0.15) is 0 Å². The average Bonchev–Trinajstić information content (AvgIpc) is 3.13. The Kier molecular flexibility index (Phi) is 11.5. The normalized spacial score (nSPS) is 19.3.